The second kappa shape index (κ2) is 5.95. The molecule has 1 atom stereocenters. The Bertz CT molecular complexity index is 610. The molecule has 1 aromatic heterocycles. The number of nitrogens with zero attached hydrogens (tertiary/aromatic N) is 2. The Kier molecular flexibility index (Phi) is 3.86. The number of pyridine rings is 1. The van der Waals surface area contributed by atoms with Crippen LogP contribution >= 0.6 is 0 Å². The fraction of sp³-hybridized carbons (Fsp3) is 0.294. The van der Waals surface area contributed by atoms with Crippen molar-refractivity contribution in [2.45, 2.75) is 25.8 Å². The van der Waals surface area contributed by atoms with E-state index in [9.17, 15) is 4.79 Å². The van der Waals surface area contributed by atoms with E-state index in [0.29, 0.717) is 6.42 Å². The average Bonchev–Trinajstić information content (AvgIpc) is 2.95. The van der Waals surface area contributed by atoms with E-state index in [0.717, 1.165) is 24.5 Å². The Morgan fingerprint density at radius 3 is 2.62 bits per heavy atom. The van der Waals surface area contributed by atoms with Crippen LogP contribution < -0.4 is 10.2 Å². The van der Waals surface area contributed by atoms with Gasteiger partial charge in [-0.2, -0.15) is 0 Å². The maximum Gasteiger partial charge on any atom is 0.227 e. The first-order valence-corrected chi connectivity index (χ1v) is 7.32. The number of amides is 1. The van der Waals surface area contributed by atoms with Crippen molar-refractivity contribution in [3.8, 4) is 0 Å². The molecule has 0 aliphatic carbocycles. The van der Waals surface area contributed by atoms with E-state index >= 15 is 0 Å². The molecule has 0 saturated carbocycles. The van der Waals surface area contributed by atoms with Gasteiger partial charge < -0.3 is 10.2 Å². The molecule has 0 radical (unpaired) electrons. The molecule has 0 bridgehead atoms. The smallest absolute Gasteiger partial charge is 0.227 e. The standard InChI is InChI=1S/C17H19N3O/c1-13(14-6-3-2-4-7-14)19-16-10-9-15(12-18-16)20-11-5-8-17(20)21/h2-4,6-7,9-10,12-13H,5,8,11H2,1H3,(H,18,19)/t13-/m0/s1. The van der Waals surface area contributed by atoms with Gasteiger partial charge in [0.25, 0.3) is 0 Å². The maximum absolute atomic E-state index is 11.7. The highest BCUT2D eigenvalue weighted by Crippen LogP contribution is 2.23. The summed E-state index contributed by atoms with van der Waals surface area (Å²) in [5, 5.41) is 3.37. The van der Waals surface area contributed by atoms with Crippen molar-refractivity contribution < 1.29 is 4.79 Å². The first-order chi connectivity index (χ1) is 10.2. The van der Waals surface area contributed by atoms with Gasteiger partial charge in [-0.05, 0) is 31.0 Å². The van der Waals surface area contributed by atoms with Crippen LogP contribution in [0.5, 0.6) is 0 Å². The van der Waals surface area contributed by atoms with Gasteiger partial charge in [0, 0.05) is 19.0 Å². The van der Waals surface area contributed by atoms with Gasteiger partial charge in [-0.15, -0.1) is 0 Å². The number of aromatic nitrogens is 1. The lowest BCUT2D eigenvalue weighted by molar-refractivity contribution is -0.117. The molecule has 2 heterocycles. The third kappa shape index (κ3) is 3.05. The van der Waals surface area contributed by atoms with Crippen LogP contribution in [0.4, 0.5) is 11.5 Å². The third-order valence-corrected chi connectivity index (χ3v) is 3.80. The Morgan fingerprint density at radius 2 is 2.00 bits per heavy atom. The predicted octanol–water partition coefficient (Wildman–Crippen LogP) is 3.38. The molecule has 1 N–H and O–H groups in total. The van der Waals surface area contributed by atoms with Crippen LogP contribution in [0.1, 0.15) is 31.4 Å². The Balaban J connectivity index is 1.68. The highest BCUT2D eigenvalue weighted by Gasteiger charge is 2.21. The Morgan fingerprint density at radius 1 is 1.19 bits per heavy atom. The minimum atomic E-state index is 0.190. The number of hydrogen-bond acceptors (Lipinski definition) is 3. The number of benzene rings is 1. The topological polar surface area (TPSA) is 45.2 Å². The lowest BCUT2D eigenvalue weighted by Gasteiger charge is -2.17. The summed E-state index contributed by atoms with van der Waals surface area (Å²) < 4.78 is 0. The zero-order valence-corrected chi connectivity index (χ0v) is 12.1. The van der Waals surface area contributed by atoms with Crippen molar-refractivity contribution in [3.05, 3.63) is 54.2 Å². The number of rotatable bonds is 4. The van der Waals surface area contributed by atoms with E-state index in [1.165, 1.54) is 5.56 Å². The molecular formula is C17H19N3O. The minimum Gasteiger partial charge on any atom is -0.364 e. The summed E-state index contributed by atoms with van der Waals surface area (Å²) in [6.45, 7) is 2.91. The molecule has 1 aliphatic rings. The van der Waals surface area contributed by atoms with Crippen molar-refractivity contribution >= 4 is 17.4 Å². The zero-order valence-electron chi connectivity index (χ0n) is 12.1. The summed E-state index contributed by atoms with van der Waals surface area (Å²) in [6, 6.07) is 14.3. The van der Waals surface area contributed by atoms with E-state index in [-0.39, 0.29) is 11.9 Å². The summed E-state index contributed by atoms with van der Waals surface area (Å²) in [7, 11) is 0. The second-order valence-electron chi connectivity index (χ2n) is 5.33. The molecule has 21 heavy (non-hydrogen) atoms. The molecule has 1 amide bonds. The summed E-state index contributed by atoms with van der Waals surface area (Å²) in [6.07, 6.45) is 3.35. The Labute approximate surface area is 124 Å². The van der Waals surface area contributed by atoms with Gasteiger partial charge in [-0.1, -0.05) is 30.3 Å². The highest BCUT2D eigenvalue weighted by molar-refractivity contribution is 5.95. The van der Waals surface area contributed by atoms with Crippen molar-refractivity contribution in [2.24, 2.45) is 0 Å². The van der Waals surface area contributed by atoms with Crippen LogP contribution in [0.15, 0.2) is 48.7 Å². The third-order valence-electron chi connectivity index (χ3n) is 3.80. The molecule has 108 valence electrons. The molecule has 1 saturated heterocycles. The lowest BCUT2D eigenvalue weighted by atomic mass is 10.1. The molecule has 1 fully saturated rings. The SMILES string of the molecule is C[C@H](Nc1ccc(N2CCCC2=O)cn1)c1ccccc1. The monoisotopic (exact) mass is 281 g/mol. The van der Waals surface area contributed by atoms with Gasteiger partial charge in [-0.3, -0.25) is 4.79 Å². The van der Waals surface area contributed by atoms with Crippen LogP contribution in [-0.2, 0) is 4.79 Å². The first-order valence-electron chi connectivity index (χ1n) is 7.32. The van der Waals surface area contributed by atoms with E-state index in [4.69, 9.17) is 0 Å². The molecule has 0 unspecified atom stereocenters. The summed E-state index contributed by atoms with van der Waals surface area (Å²) in [5.74, 6) is 1.01. The fourth-order valence-electron chi connectivity index (χ4n) is 2.60. The summed E-state index contributed by atoms with van der Waals surface area (Å²) >= 11 is 0. The quantitative estimate of drug-likeness (QED) is 0.934. The maximum atomic E-state index is 11.7. The van der Waals surface area contributed by atoms with Crippen LogP contribution in [0.3, 0.4) is 0 Å². The summed E-state index contributed by atoms with van der Waals surface area (Å²) in [4.78, 5) is 17.9. The van der Waals surface area contributed by atoms with Gasteiger partial charge in [0.2, 0.25) is 5.91 Å². The first kappa shape index (κ1) is 13.6. The number of hydrogen-bond donors (Lipinski definition) is 1. The van der Waals surface area contributed by atoms with E-state index < -0.39 is 0 Å². The van der Waals surface area contributed by atoms with Crippen LogP contribution in [0, 0.1) is 0 Å². The summed E-state index contributed by atoms with van der Waals surface area (Å²) in [5.41, 5.74) is 2.11. The van der Waals surface area contributed by atoms with E-state index in [1.807, 2.05) is 30.3 Å². The molecule has 3 rings (SSSR count). The fourth-order valence-corrected chi connectivity index (χ4v) is 2.60. The van der Waals surface area contributed by atoms with E-state index in [2.05, 4.69) is 29.4 Å². The Hall–Kier alpha value is -2.36. The molecule has 4 nitrogen and oxygen atoms in total. The molecule has 0 spiro atoms. The number of nitrogens with one attached hydrogen (secondary N) is 1. The van der Waals surface area contributed by atoms with Crippen LogP contribution in [0.25, 0.3) is 0 Å². The normalized spacial score (nSPS) is 16.0. The van der Waals surface area contributed by atoms with Crippen molar-refractivity contribution in [2.75, 3.05) is 16.8 Å². The van der Waals surface area contributed by atoms with Gasteiger partial charge >= 0.3 is 0 Å². The van der Waals surface area contributed by atoms with Crippen LogP contribution in [-0.4, -0.2) is 17.4 Å². The zero-order chi connectivity index (χ0) is 14.7. The van der Waals surface area contributed by atoms with Gasteiger partial charge in [0.05, 0.1) is 11.9 Å². The number of anilines is 2. The largest absolute Gasteiger partial charge is 0.364 e. The van der Waals surface area contributed by atoms with Gasteiger partial charge in [0.15, 0.2) is 0 Å². The molecule has 1 aromatic carbocycles. The van der Waals surface area contributed by atoms with Gasteiger partial charge in [0.1, 0.15) is 5.82 Å². The molecule has 1 aliphatic heterocycles. The molecule has 2 aromatic rings. The van der Waals surface area contributed by atoms with Crippen molar-refractivity contribution in [1.29, 1.82) is 0 Å². The minimum absolute atomic E-state index is 0.190. The predicted molar refractivity (Wildman–Crippen MR) is 84.3 cm³/mol. The highest BCUT2D eigenvalue weighted by atomic mass is 16.2. The lowest BCUT2D eigenvalue weighted by Crippen LogP contribution is -2.23. The second-order valence-corrected chi connectivity index (χ2v) is 5.33. The molecular weight excluding hydrogens is 262 g/mol. The van der Waals surface area contributed by atoms with Crippen LogP contribution in [0.2, 0.25) is 0 Å². The van der Waals surface area contributed by atoms with Crippen molar-refractivity contribution in [3.63, 3.8) is 0 Å². The number of carbonyl (C=O) groups excluding carboxylic acids is 1. The number of carbonyl (C=O) groups is 1. The molecule has 4 heteroatoms. The van der Waals surface area contributed by atoms with E-state index in [1.54, 1.807) is 11.1 Å². The average molecular weight is 281 g/mol. The van der Waals surface area contributed by atoms with Gasteiger partial charge in [-0.25, -0.2) is 4.98 Å². The van der Waals surface area contributed by atoms with Crippen molar-refractivity contribution in [1.82, 2.24) is 4.98 Å².